The number of rotatable bonds is 8. The maximum atomic E-state index is 5.70. The lowest BCUT2D eigenvalue weighted by Gasteiger charge is -2.08. The lowest BCUT2D eigenvalue weighted by Crippen LogP contribution is -2.21. The van der Waals surface area contributed by atoms with Gasteiger partial charge in [0.2, 0.25) is 11.8 Å². The van der Waals surface area contributed by atoms with Crippen molar-refractivity contribution in [1.29, 1.82) is 0 Å². The highest BCUT2D eigenvalue weighted by atomic mass is 16.4. The number of nitrogens with one attached hydrogen (secondary N) is 1. The molecule has 1 rings (SSSR count). The minimum Gasteiger partial charge on any atom is -0.424 e. The van der Waals surface area contributed by atoms with Crippen LogP contribution in [0.3, 0.4) is 0 Å². The Balaban J connectivity index is 2.52. The highest BCUT2D eigenvalue weighted by Gasteiger charge is 2.16. The molecular weight excluding hydrogens is 214 g/mol. The van der Waals surface area contributed by atoms with Crippen molar-refractivity contribution in [2.45, 2.75) is 71.9 Å². The summed E-state index contributed by atoms with van der Waals surface area (Å²) in [7, 11) is 0. The zero-order valence-electron chi connectivity index (χ0n) is 11.5. The predicted octanol–water partition coefficient (Wildman–Crippen LogP) is 3.25. The Bertz CT molecular complexity index is 309. The number of hydrogen-bond acceptors (Lipinski definition) is 4. The van der Waals surface area contributed by atoms with Gasteiger partial charge in [-0.2, -0.15) is 0 Å². The molecule has 1 heterocycles. The molecule has 0 radical (unpaired) electrons. The standard InChI is InChI=1S/C13H25N3O/c1-5-7-8-11(6-2)13-16-15-12(17-13)9-14-10(3)4/h10-11,14H,5-9H2,1-4H3. The molecule has 0 bridgehead atoms. The monoisotopic (exact) mass is 239 g/mol. The van der Waals surface area contributed by atoms with Gasteiger partial charge in [-0.15, -0.1) is 10.2 Å². The minimum absolute atomic E-state index is 0.426. The number of aromatic nitrogens is 2. The van der Waals surface area contributed by atoms with Crippen LogP contribution in [0.15, 0.2) is 4.42 Å². The number of hydrogen-bond donors (Lipinski definition) is 1. The molecular formula is C13H25N3O. The van der Waals surface area contributed by atoms with Crippen molar-refractivity contribution in [3.05, 3.63) is 11.8 Å². The normalized spacial score (nSPS) is 13.2. The predicted molar refractivity (Wildman–Crippen MR) is 68.8 cm³/mol. The lowest BCUT2D eigenvalue weighted by atomic mass is 10.00. The van der Waals surface area contributed by atoms with E-state index in [-0.39, 0.29) is 0 Å². The zero-order chi connectivity index (χ0) is 12.7. The summed E-state index contributed by atoms with van der Waals surface area (Å²) in [6.45, 7) is 9.25. The highest BCUT2D eigenvalue weighted by Crippen LogP contribution is 2.24. The van der Waals surface area contributed by atoms with E-state index >= 15 is 0 Å². The first-order valence-corrected chi connectivity index (χ1v) is 6.73. The summed E-state index contributed by atoms with van der Waals surface area (Å²) in [6.07, 6.45) is 4.65. The molecule has 0 saturated carbocycles. The van der Waals surface area contributed by atoms with Crippen molar-refractivity contribution in [2.75, 3.05) is 0 Å². The van der Waals surface area contributed by atoms with Crippen molar-refractivity contribution < 1.29 is 4.42 Å². The Morgan fingerprint density at radius 2 is 2.00 bits per heavy atom. The molecule has 98 valence electrons. The van der Waals surface area contributed by atoms with Gasteiger partial charge in [0.25, 0.3) is 0 Å². The van der Waals surface area contributed by atoms with Crippen LogP contribution >= 0.6 is 0 Å². The molecule has 0 aromatic carbocycles. The van der Waals surface area contributed by atoms with Gasteiger partial charge in [-0.1, -0.05) is 40.5 Å². The van der Waals surface area contributed by atoms with E-state index in [0.717, 1.165) is 18.7 Å². The van der Waals surface area contributed by atoms with Crippen molar-refractivity contribution in [3.8, 4) is 0 Å². The Kier molecular flexibility index (Phi) is 6.19. The van der Waals surface area contributed by atoms with Gasteiger partial charge in [0, 0.05) is 12.0 Å². The third-order valence-electron chi connectivity index (χ3n) is 2.89. The first-order valence-electron chi connectivity index (χ1n) is 6.73. The maximum Gasteiger partial charge on any atom is 0.230 e. The molecule has 0 aliphatic carbocycles. The molecule has 4 heteroatoms. The van der Waals surface area contributed by atoms with Gasteiger partial charge in [0.1, 0.15) is 0 Å². The van der Waals surface area contributed by atoms with E-state index in [2.05, 4.69) is 43.2 Å². The van der Waals surface area contributed by atoms with Gasteiger partial charge in [-0.25, -0.2) is 0 Å². The van der Waals surface area contributed by atoms with E-state index in [4.69, 9.17) is 4.42 Å². The summed E-state index contributed by atoms with van der Waals surface area (Å²) in [5, 5.41) is 11.5. The topological polar surface area (TPSA) is 51.0 Å². The Morgan fingerprint density at radius 3 is 2.59 bits per heavy atom. The molecule has 0 saturated heterocycles. The van der Waals surface area contributed by atoms with Crippen LogP contribution in [0.5, 0.6) is 0 Å². The second-order valence-electron chi connectivity index (χ2n) is 4.82. The van der Waals surface area contributed by atoms with Crippen LogP contribution in [-0.2, 0) is 6.54 Å². The van der Waals surface area contributed by atoms with Gasteiger partial charge in [-0.3, -0.25) is 0 Å². The summed E-state index contributed by atoms with van der Waals surface area (Å²) < 4.78 is 5.70. The minimum atomic E-state index is 0.426. The van der Waals surface area contributed by atoms with Crippen LogP contribution in [0.25, 0.3) is 0 Å². The first kappa shape index (κ1) is 14.2. The molecule has 1 atom stereocenters. The summed E-state index contributed by atoms with van der Waals surface area (Å²) in [5.41, 5.74) is 0. The lowest BCUT2D eigenvalue weighted by molar-refractivity contribution is 0.380. The Morgan fingerprint density at radius 1 is 1.24 bits per heavy atom. The van der Waals surface area contributed by atoms with E-state index in [1.165, 1.54) is 12.8 Å². The largest absolute Gasteiger partial charge is 0.424 e. The molecule has 1 N–H and O–H groups in total. The summed E-state index contributed by atoms with van der Waals surface area (Å²) in [6, 6.07) is 0.437. The molecule has 1 aromatic heterocycles. The molecule has 0 aliphatic heterocycles. The summed E-state index contributed by atoms with van der Waals surface area (Å²) in [4.78, 5) is 0. The van der Waals surface area contributed by atoms with Gasteiger partial charge < -0.3 is 9.73 Å². The van der Waals surface area contributed by atoms with E-state index in [1.807, 2.05) is 0 Å². The van der Waals surface area contributed by atoms with E-state index in [0.29, 0.717) is 24.4 Å². The van der Waals surface area contributed by atoms with Crippen LogP contribution in [0.4, 0.5) is 0 Å². The summed E-state index contributed by atoms with van der Waals surface area (Å²) >= 11 is 0. The molecule has 4 nitrogen and oxygen atoms in total. The van der Waals surface area contributed by atoms with E-state index in [1.54, 1.807) is 0 Å². The van der Waals surface area contributed by atoms with E-state index in [9.17, 15) is 0 Å². The molecule has 0 fully saturated rings. The fraction of sp³-hybridized carbons (Fsp3) is 0.846. The molecule has 1 aromatic rings. The SMILES string of the molecule is CCCCC(CC)c1nnc(CNC(C)C)o1. The van der Waals surface area contributed by atoms with Crippen LogP contribution in [-0.4, -0.2) is 16.2 Å². The zero-order valence-corrected chi connectivity index (χ0v) is 11.5. The third kappa shape index (κ3) is 4.86. The fourth-order valence-electron chi connectivity index (χ4n) is 1.75. The van der Waals surface area contributed by atoms with Crippen molar-refractivity contribution in [3.63, 3.8) is 0 Å². The second kappa shape index (κ2) is 7.43. The van der Waals surface area contributed by atoms with Crippen LogP contribution in [0.2, 0.25) is 0 Å². The first-order chi connectivity index (χ1) is 8.17. The van der Waals surface area contributed by atoms with Crippen LogP contribution in [0.1, 0.15) is 71.1 Å². The highest BCUT2D eigenvalue weighted by molar-refractivity contribution is 4.91. The Hall–Kier alpha value is -0.900. The fourth-order valence-corrected chi connectivity index (χ4v) is 1.75. The van der Waals surface area contributed by atoms with Gasteiger partial charge in [0.05, 0.1) is 6.54 Å². The van der Waals surface area contributed by atoms with E-state index < -0.39 is 0 Å². The van der Waals surface area contributed by atoms with Crippen molar-refractivity contribution in [2.24, 2.45) is 0 Å². The van der Waals surface area contributed by atoms with Gasteiger partial charge in [-0.05, 0) is 12.8 Å². The quantitative estimate of drug-likeness (QED) is 0.756. The third-order valence-corrected chi connectivity index (χ3v) is 2.89. The van der Waals surface area contributed by atoms with Gasteiger partial charge >= 0.3 is 0 Å². The molecule has 0 amide bonds. The Labute approximate surface area is 104 Å². The summed E-state index contributed by atoms with van der Waals surface area (Å²) in [5.74, 6) is 1.93. The van der Waals surface area contributed by atoms with Crippen molar-refractivity contribution >= 4 is 0 Å². The molecule has 0 aliphatic rings. The number of nitrogens with zero attached hydrogens (tertiary/aromatic N) is 2. The smallest absolute Gasteiger partial charge is 0.230 e. The average molecular weight is 239 g/mol. The molecule has 17 heavy (non-hydrogen) atoms. The molecule has 0 spiro atoms. The number of unbranched alkanes of at least 4 members (excludes halogenated alkanes) is 1. The van der Waals surface area contributed by atoms with Crippen LogP contribution in [0, 0.1) is 0 Å². The van der Waals surface area contributed by atoms with Crippen molar-refractivity contribution in [1.82, 2.24) is 15.5 Å². The maximum absolute atomic E-state index is 5.70. The molecule has 1 unspecified atom stereocenters. The average Bonchev–Trinajstić information content (AvgIpc) is 2.76. The van der Waals surface area contributed by atoms with Gasteiger partial charge in [0.15, 0.2) is 0 Å². The second-order valence-corrected chi connectivity index (χ2v) is 4.82. The van der Waals surface area contributed by atoms with Crippen LogP contribution < -0.4 is 5.32 Å².